The van der Waals surface area contributed by atoms with Crippen LogP contribution in [0, 0.1) is 0 Å². The van der Waals surface area contributed by atoms with Crippen LogP contribution in [0.3, 0.4) is 0 Å². The van der Waals surface area contributed by atoms with Gasteiger partial charge >= 0.3 is 0 Å². The molecule has 0 aliphatic rings. The van der Waals surface area contributed by atoms with Gasteiger partial charge < -0.3 is 14.8 Å². The van der Waals surface area contributed by atoms with Crippen LogP contribution in [0.1, 0.15) is 27.5 Å². The standard InChI is InChI=1S/C21H18Cl2N2O3/c1-27-16-7-3-13(4-8-16)19(14-5-9-17(28-2)10-6-14)25-21(26)15-11-18(22)20(23)24-12-15/h3-12,19H,1-2H3,(H,25,26). The molecule has 2 aromatic carbocycles. The summed E-state index contributed by atoms with van der Waals surface area (Å²) in [6.07, 6.45) is 1.39. The van der Waals surface area contributed by atoms with Crippen molar-refractivity contribution in [1.82, 2.24) is 10.3 Å². The molecule has 0 fully saturated rings. The Bertz CT molecular complexity index is 913. The van der Waals surface area contributed by atoms with Crippen LogP contribution in [0.25, 0.3) is 0 Å². The van der Waals surface area contributed by atoms with E-state index in [0.29, 0.717) is 5.56 Å². The molecule has 0 aliphatic heterocycles. The molecule has 28 heavy (non-hydrogen) atoms. The Morgan fingerprint density at radius 2 is 1.43 bits per heavy atom. The Morgan fingerprint density at radius 1 is 0.929 bits per heavy atom. The fourth-order valence-corrected chi connectivity index (χ4v) is 2.98. The zero-order valence-electron chi connectivity index (χ0n) is 15.3. The quantitative estimate of drug-likeness (QED) is 0.578. The Morgan fingerprint density at radius 3 is 1.86 bits per heavy atom. The highest BCUT2D eigenvalue weighted by atomic mass is 35.5. The first-order valence-electron chi connectivity index (χ1n) is 8.41. The number of carbonyl (C=O) groups excluding carboxylic acids is 1. The highest BCUT2D eigenvalue weighted by molar-refractivity contribution is 6.41. The van der Waals surface area contributed by atoms with Crippen molar-refractivity contribution in [1.29, 1.82) is 0 Å². The Kier molecular flexibility index (Phi) is 6.39. The molecule has 1 heterocycles. The molecule has 1 N–H and O–H groups in total. The second-order valence-electron chi connectivity index (χ2n) is 5.95. The Balaban J connectivity index is 1.94. The number of methoxy groups -OCH3 is 2. The highest BCUT2D eigenvalue weighted by Gasteiger charge is 2.19. The lowest BCUT2D eigenvalue weighted by atomic mass is 9.98. The average molecular weight is 417 g/mol. The molecule has 0 atom stereocenters. The molecule has 0 spiro atoms. The fraction of sp³-hybridized carbons (Fsp3) is 0.143. The molecule has 7 heteroatoms. The number of hydrogen-bond donors (Lipinski definition) is 1. The smallest absolute Gasteiger partial charge is 0.253 e. The van der Waals surface area contributed by atoms with E-state index in [1.807, 2.05) is 48.5 Å². The molecule has 3 rings (SSSR count). The molecule has 1 amide bonds. The van der Waals surface area contributed by atoms with E-state index in [9.17, 15) is 4.79 Å². The number of aromatic nitrogens is 1. The first kappa shape index (κ1) is 20.0. The number of rotatable bonds is 6. The molecular formula is C21H18Cl2N2O3. The van der Waals surface area contributed by atoms with Crippen LogP contribution < -0.4 is 14.8 Å². The molecule has 1 aromatic heterocycles. The second-order valence-corrected chi connectivity index (χ2v) is 6.71. The van der Waals surface area contributed by atoms with Crippen molar-refractivity contribution in [3.63, 3.8) is 0 Å². The predicted octanol–water partition coefficient (Wildman–Crippen LogP) is 4.93. The van der Waals surface area contributed by atoms with Crippen molar-refractivity contribution in [3.8, 4) is 11.5 Å². The van der Waals surface area contributed by atoms with E-state index < -0.39 is 6.04 Å². The van der Waals surface area contributed by atoms with E-state index >= 15 is 0 Å². The first-order chi connectivity index (χ1) is 13.5. The van der Waals surface area contributed by atoms with Crippen LogP contribution in [-0.4, -0.2) is 25.1 Å². The van der Waals surface area contributed by atoms with Crippen molar-refractivity contribution in [2.24, 2.45) is 0 Å². The summed E-state index contributed by atoms with van der Waals surface area (Å²) in [5.41, 5.74) is 2.11. The van der Waals surface area contributed by atoms with Gasteiger partial charge in [0.05, 0.1) is 30.8 Å². The van der Waals surface area contributed by atoms with Crippen molar-refractivity contribution in [2.75, 3.05) is 14.2 Å². The van der Waals surface area contributed by atoms with Gasteiger partial charge in [0.15, 0.2) is 0 Å². The molecule has 0 unspecified atom stereocenters. The van der Waals surface area contributed by atoms with Gasteiger partial charge in [0.25, 0.3) is 5.91 Å². The fourth-order valence-electron chi connectivity index (χ4n) is 2.71. The summed E-state index contributed by atoms with van der Waals surface area (Å²) in [6, 6.07) is 16.1. The summed E-state index contributed by atoms with van der Waals surface area (Å²) < 4.78 is 10.4. The normalized spacial score (nSPS) is 10.6. The number of carbonyl (C=O) groups is 1. The number of nitrogens with zero attached hydrogens (tertiary/aromatic N) is 1. The molecular weight excluding hydrogens is 399 g/mol. The molecule has 0 saturated carbocycles. The van der Waals surface area contributed by atoms with Gasteiger partial charge in [-0.05, 0) is 41.5 Å². The van der Waals surface area contributed by atoms with Crippen LogP contribution in [0.5, 0.6) is 11.5 Å². The molecule has 0 bridgehead atoms. The zero-order chi connectivity index (χ0) is 20.1. The van der Waals surface area contributed by atoms with E-state index in [1.54, 1.807) is 14.2 Å². The van der Waals surface area contributed by atoms with Crippen LogP contribution >= 0.6 is 23.2 Å². The van der Waals surface area contributed by atoms with Crippen molar-refractivity contribution >= 4 is 29.1 Å². The molecule has 5 nitrogen and oxygen atoms in total. The van der Waals surface area contributed by atoms with E-state index in [1.165, 1.54) is 12.3 Å². The molecule has 0 aliphatic carbocycles. The summed E-state index contributed by atoms with van der Waals surface area (Å²) in [6.45, 7) is 0. The molecule has 0 radical (unpaired) electrons. The Hall–Kier alpha value is -2.76. The summed E-state index contributed by atoms with van der Waals surface area (Å²) >= 11 is 11.8. The van der Waals surface area contributed by atoms with Crippen LogP contribution in [0.15, 0.2) is 60.8 Å². The topological polar surface area (TPSA) is 60.5 Å². The van der Waals surface area contributed by atoms with E-state index in [2.05, 4.69) is 10.3 Å². The number of ether oxygens (including phenoxy) is 2. The lowest BCUT2D eigenvalue weighted by Gasteiger charge is -2.20. The number of halogens is 2. The third kappa shape index (κ3) is 4.55. The van der Waals surface area contributed by atoms with Gasteiger partial charge in [-0.3, -0.25) is 4.79 Å². The van der Waals surface area contributed by atoms with Gasteiger partial charge in [0, 0.05) is 6.20 Å². The van der Waals surface area contributed by atoms with Crippen molar-refractivity contribution in [2.45, 2.75) is 6.04 Å². The number of benzene rings is 2. The minimum atomic E-state index is -0.390. The second kappa shape index (κ2) is 8.95. The summed E-state index contributed by atoms with van der Waals surface area (Å²) in [5, 5.41) is 3.40. The number of hydrogen-bond acceptors (Lipinski definition) is 4. The minimum absolute atomic E-state index is 0.153. The summed E-state index contributed by atoms with van der Waals surface area (Å²) in [7, 11) is 3.21. The van der Waals surface area contributed by atoms with E-state index in [4.69, 9.17) is 32.7 Å². The number of pyridine rings is 1. The molecule has 3 aromatic rings. The van der Waals surface area contributed by atoms with Gasteiger partial charge in [-0.15, -0.1) is 0 Å². The molecule has 144 valence electrons. The van der Waals surface area contributed by atoms with Crippen LogP contribution in [0.2, 0.25) is 10.2 Å². The lowest BCUT2D eigenvalue weighted by Crippen LogP contribution is -2.29. The van der Waals surface area contributed by atoms with Gasteiger partial charge in [-0.1, -0.05) is 47.5 Å². The van der Waals surface area contributed by atoms with Gasteiger partial charge in [0.1, 0.15) is 16.7 Å². The summed E-state index contributed by atoms with van der Waals surface area (Å²) in [4.78, 5) is 16.7. The number of nitrogens with one attached hydrogen (secondary N) is 1. The average Bonchev–Trinajstić information content (AvgIpc) is 2.74. The zero-order valence-corrected chi connectivity index (χ0v) is 16.8. The third-order valence-corrected chi connectivity index (χ3v) is 4.92. The lowest BCUT2D eigenvalue weighted by molar-refractivity contribution is 0.0942. The maximum atomic E-state index is 12.8. The molecule has 0 saturated heterocycles. The minimum Gasteiger partial charge on any atom is -0.497 e. The van der Waals surface area contributed by atoms with E-state index in [0.717, 1.165) is 22.6 Å². The third-order valence-electron chi connectivity index (χ3n) is 4.23. The van der Waals surface area contributed by atoms with Crippen molar-refractivity contribution < 1.29 is 14.3 Å². The Labute approximate surface area is 173 Å². The monoisotopic (exact) mass is 416 g/mol. The highest BCUT2D eigenvalue weighted by Crippen LogP contribution is 2.27. The maximum absolute atomic E-state index is 12.8. The summed E-state index contributed by atoms with van der Waals surface area (Å²) in [5.74, 6) is 1.15. The first-order valence-corrected chi connectivity index (χ1v) is 9.17. The SMILES string of the molecule is COc1ccc(C(NC(=O)c2cnc(Cl)c(Cl)c2)c2ccc(OC)cc2)cc1. The number of amides is 1. The van der Waals surface area contributed by atoms with Gasteiger partial charge in [-0.2, -0.15) is 0 Å². The predicted molar refractivity (Wildman–Crippen MR) is 110 cm³/mol. The van der Waals surface area contributed by atoms with Gasteiger partial charge in [-0.25, -0.2) is 4.98 Å². The van der Waals surface area contributed by atoms with Gasteiger partial charge in [0.2, 0.25) is 0 Å². The maximum Gasteiger partial charge on any atom is 0.253 e. The van der Waals surface area contributed by atoms with Crippen LogP contribution in [0.4, 0.5) is 0 Å². The van der Waals surface area contributed by atoms with E-state index in [-0.39, 0.29) is 16.1 Å². The largest absolute Gasteiger partial charge is 0.497 e. The van der Waals surface area contributed by atoms with Crippen LogP contribution in [-0.2, 0) is 0 Å². The van der Waals surface area contributed by atoms with Crippen molar-refractivity contribution in [3.05, 3.63) is 87.7 Å².